The SMILES string of the molecule is Fc1cccc(F)c1-c1noc(C(Cl)(Cl)Cl)n1.N#Cc1c(F)cccc1F.NC(=NO)c1c(F)cccc1F.Nc1nc(-c2c(F)cccc2F)no1.O=C(Cc1nc(-c2c(F)cccc2F)no1)c1cccnc1C(F)(F)F. The van der Waals surface area contributed by atoms with Crippen molar-refractivity contribution in [1.29, 1.82) is 5.26 Å². The van der Waals surface area contributed by atoms with Crippen LogP contribution in [0.5, 0.6) is 0 Å². The Kier molecular flexibility index (Phi) is 20.6. The van der Waals surface area contributed by atoms with Crippen LogP contribution in [0.2, 0.25) is 0 Å². The van der Waals surface area contributed by atoms with E-state index in [2.05, 4.69) is 49.6 Å². The number of carbonyl (C=O) groups is 1. The van der Waals surface area contributed by atoms with Crippen LogP contribution in [-0.4, -0.2) is 52.2 Å². The molecule has 410 valence electrons. The maximum atomic E-state index is 13.7. The highest BCUT2D eigenvalue weighted by atomic mass is 35.6. The highest BCUT2D eigenvalue weighted by Crippen LogP contribution is 2.38. The van der Waals surface area contributed by atoms with Crippen molar-refractivity contribution in [3.63, 3.8) is 0 Å². The minimum Gasteiger partial charge on any atom is -0.409 e. The fourth-order valence-electron chi connectivity index (χ4n) is 5.83. The maximum Gasteiger partial charge on any atom is 0.434 e. The van der Waals surface area contributed by atoms with Crippen molar-refractivity contribution >= 4 is 52.4 Å². The van der Waals surface area contributed by atoms with Crippen molar-refractivity contribution in [2.45, 2.75) is 16.4 Å². The van der Waals surface area contributed by atoms with Crippen molar-refractivity contribution in [3.8, 4) is 40.2 Å². The van der Waals surface area contributed by atoms with Gasteiger partial charge in [0.1, 0.15) is 69.8 Å². The first kappa shape index (κ1) is 60.7. The van der Waals surface area contributed by atoms with Crippen LogP contribution < -0.4 is 11.5 Å². The molecule has 0 aliphatic carbocycles. The number of oxime groups is 1. The number of nitrogens with zero attached hydrogens (tertiary/aromatic N) is 9. The lowest BCUT2D eigenvalue weighted by Gasteiger charge is -2.09. The molecule has 5 N–H and O–H groups in total. The molecular weight excluding hydrogens is 1150 g/mol. The van der Waals surface area contributed by atoms with Crippen molar-refractivity contribution in [1.82, 2.24) is 35.4 Å². The normalized spacial score (nSPS) is 11.1. The molecular formula is C47H25Cl3F13N11O5. The lowest BCUT2D eigenvalue weighted by molar-refractivity contribution is -0.141. The average Bonchev–Trinajstić information content (AvgIpc) is 4.17. The molecule has 5 aromatic carbocycles. The number of hydrogen-bond donors (Lipinski definition) is 3. The van der Waals surface area contributed by atoms with Crippen LogP contribution in [0.1, 0.15) is 39.0 Å². The van der Waals surface area contributed by atoms with E-state index in [9.17, 15) is 61.9 Å². The number of amidine groups is 1. The molecule has 0 unspecified atom stereocenters. The third-order valence-electron chi connectivity index (χ3n) is 9.23. The number of Topliss-reactive ketones (excluding diaryl/α,β-unsaturated/α-hetero) is 1. The first-order chi connectivity index (χ1) is 37.3. The van der Waals surface area contributed by atoms with Gasteiger partial charge in [-0.05, 0) is 72.8 Å². The molecule has 0 saturated carbocycles. The van der Waals surface area contributed by atoms with E-state index in [0.717, 1.165) is 79.0 Å². The van der Waals surface area contributed by atoms with Gasteiger partial charge in [0, 0.05) is 11.8 Å². The van der Waals surface area contributed by atoms with Crippen molar-refractivity contribution < 1.29 is 80.6 Å². The Bertz CT molecular complexity index is 3570. The lowest BCUT2D eigenvalue weighted by Crippen LogP contribution is -2.17. The first-order valence-corrected chi connectivity index (χ1v) is 21.9. The summed E-state index contributed by atoms with van der Waals surface area (Å²) in [6, 6.07) is 19.7. The van der Waals surface area contributed by atoms with Gasteiger partial charge in [0.25, 0.3) is 9.68 Å². The second-order valence-corrected chi connectivity index (χ2v) is 16.7. The number of pyridine rings is 1. The van der Waals surface area contributed by atoms with Crippen LogP contribution in [0.3, 0.4) is 0 Å². The number of rotatable bonds is 7. The van der Waals surface area contributed by atoms with Gasteiger partial charge in [0.05, 0.1) is 28.7 Å². The number of hydrogen-bond acceptors (Lipinski definition) is 15. The average molecular weight is 1180 g/mol. The number of nitrogens with two attached hydrogens (primary N) is 2. The van der Waals surface area contributed by atoms with Crippen LogP contribution in [0.4, 0.5) is 63.1 Å². The molecule has 0 aliphatic heterocycles. The Labute approximate surface area is 447 Å². The van der Waals surface area contributed by atoms with Gasteiger partial charge in [-0.25, -0.2) is 43.9 Å². The summed E-state index contributed by atoms with van der Waals surface area (Å²) >= 11 is 16.5. The standard InChI is InChI=1S/C16H8F5N3O2.C9H3Cl3F2N2O.C8H5F2N3O.C7H6F2N2O.C7H3F2N/c17-9-4-1-5-10(18)13(9)15-23-12(26-24-15)7-11(25)8-3-2-6-22-14(8)16(19,20)21;10-9(11,12)8-15-7(16-17-8)6-4(13)2-1-3-5(6)14;9-4-2-1-3-5(10)6(4)7-12-8(11)14-13-7;8-4-2-1-3-5(9)6(4)7(10)11-12;8-6-2-1-3-7(9)5(6)4-10/h1-6H,7H2;1-3H;1-3H,(H2,11,12,13);1-3,12H,(H2,10,11);1-3H. The number of nitriles is 1. The molecule has 9 aromatic rings. The summed E-state index contributed by atoms with van der Waals surface area (Å²) in [5.41, 5.74) is 5.76. The van der Waals surface area contributed by atoms with Crippen molar-refractivity contribution in [2.24, 2.45) is 10.9 Å². The van der Waals surface area contributed by atoms with E-state index in [1.54, 1.807) is 0 Å². The van der Waals surface area contributed by atoms with Crippen molar-refractivity contribution in [3.05, 3.63) is 202 Å². The predicted octanol–water partition coefficient (Wildman–Crippen LogP) is 12.2. The number of carbonyl (C=O) groups excluding carboxylic acids is 1. The van der Waals surface area contributed by atoms with E-state index in [1.165, 1.54) is 36.4 Å². The molecule has 0 saturated heterocycles. The smallest absolute Gasteiger partial charge is 0.409 e. The number of nitrogen functional groups attached to an aromatic ring is 1. The Hall–Kier alpha value is -9.14. The summed E-state index contributed by atoms with van der Waals surface area (Å²) in [6.45, 7) is 0. The molecule has 4 aromatic heterocycles. The molecule has 0 radical (unpaired) electrons. The fraction of sp³-hybridized carbons (Fsp3) is 0.0638. The van der Waals surface area contributed by atoms with Gasteiger partial charge < -0.3 is 30.2 Å². The number of benzene rings is 5. The van der Waals surface area contributed by atoms with Crippen molar-refractivity contribution in [2.75, 3.05) is 5.73 Å². The molecule has 79 heavy (non-hydrogen) atoms. The van der Waals surface area contributed by atoms with Crippen LogP contribution >= 0.6 is 34.8 Å². The lowest BCUT2D eigenvalue weighted by atomic mass is 10.1. The van der Waals surface area contributed by atoms with E-state index in [-0.39, 0.29) is 35.0 Å². The van der Waals surface area contributed by atoms with Gasteiger partial charge in [-0.2, -0.15) is 33.4 Å². The van der Waals surface area contributed by atoms with Gasteiger partial charge in [0.15, 0.2) is 17.3 Å². The van der Waals surface area contributed by atoms with Crippen LogP contribution in [0, 0.1) is 69.5 Å². The molecule has 0 bridgehead atoms. The number of halogens is 16. The summed E-state index contributed by atoms with van der Waals surface area (Å²) in [7, 11) is 0. The van der Waals surface area contributed by atoms with Gasteiger partial charge >= 0.3 is 12.2 Å². The molecule has 0 aliphatic rings. The molecule has 9 rings (SSSR count). The number of alkyl halides is 6. The largest absolute Gasteiger partial charge is 0.434 e. The van der Waals surface area contributed by atoms with E-state index in [1.807, 2.05) is 0 Å². The Morgan fingerprint density at radius 3 is 1.38 bits per heavy atom. The number of ketones is 1. The monoisotopic (exact) mass is 1180 g/mol. The third-order valence-corrected chi connectivity index (χ3v) is 9.71. The quantitative estimate of drug-likeness (QED) is 0.0255. The maximum absolute atomic E-state index is 13.7. The zero-order valence-electron chi connectivity index (χ0n) is 38.4. The van der Waals surface area contributed by atoms with Gasteiger partial charge in [-0.1, -0.05) is 85.8 Å². The summed E-state index contributed by atoms with van der Waals surface area (Å²) in [6.07, 6.45) is -4.59. The number of anilines is 1. The fourth-order valence-corrected chi connectivity index (χ4v) is 6.06. The van der Waals surface area contributed by atoms with Crippen LogP contribution in [-0.2, 0) is 16.4 Å². The zero-order valence-corrected chi connectivity index (χ0v) is 40.7. The molecule has 4 heterocycles. The Morgan fingerprint density at radius 2 is 1.00 bits per heavy atom. The second kappa shape index (κ2) is 26.8. The first-order valence-electron chi connectivity index (χ1n) is 20.7. The zero-order chi connectivity index (χ0) is 58.4. The van der Waals surface area contributed by atoms with Crippen LogP contribution in [0.15, 0.2) is 128 Å². The predicted molar refractivity (Wildman–Crippen MR) is 250 cm³/mol. The molecule has 0 fully saturated rings. The summed E-state index contributed by atoms with van der Waals surface area (Å²) in [5.74, 6) is -11.7. The Balaban J connectivity index is 0.000000190. The molecule has 0 spiro atoms. The highest BCUT2D eigenvalue weighted by molar-refractivity contribution is 6.66. The minimum atomic E-state index is -4.82. The van der Waals surface area contributed by atoms with Crippen LogP contribution in [0.25, 0.3) is 34.2 Å². The molecule has 0 atom stereocenters. The van der Waals surface area contributed by atoms with Gasteiger partial charge in [-0.15, -0.1) is 0 Å². The van der Waals surface area contributed by atoms with E-state index in [0.29, 0.717) is 0 Å². The van der Waals surface area contributed by atoms with Gasteiger partial charge in [-0.3, -0.25) is 9.78 Å². The van der Waals surface area contributed by atoms with E-state index >= 15 is 0 Å². The summed E-state index contributed by atoms with van der Waals surface area (Å²) in [4.78, 5) is 26.1. The Morgan fingerprint density at radius 1 is 0.595 bits per heavy atom. The van der Waals surface area contributed by atoms with Gasteiger partial charge in [0.2, 0.25) is 23.4 Å². The third kappa shape index (κ3) is 16.0. The number of aromatic nitrogens is 7. The molecule has 0 amide bonds. The minimum absolute atomic E-state index is 0.196. The second-order valence-electron chi connectivity index (χ2n) is 14.5. The topological polar surface area (TPSA) is 255 Å². The van der Waals surface area contributed by atoms with E-state index < -0.39 is 126 Å². The summed E-state index contributed by atoms with van der Waals surface area (Å²) in [5, 5.41) is 28.9. The molecule has 32 heteroatoms. The summed E-state index contributed by atoms with van der Waals surface area (Å²) < 4.78 is 181. The molecule has 16 nitrogen and oxygen atoms in total. The van der Waals surface area contributed by atoms with E-state index in [4.69, 9.17) is 61.3 Å². The highest BCUT2D eigenvalue weighted by Gasteiger charge is 2.37.